The zero-order valence-corrected chi connectivity index (χ0v) is 22.2. The minimum Gasteiger partial charge on any atom is -0.368 e. The molecule has 0 spiro atoms. The Hall–Kier alpha value is -2.72. The van der Waals surface area contributed by atoms with E-state index in [0.29, 0.717) is 54.9 Å². The van der Waals surface area contributed by atoms with Crippen LogP contribution in [0.5, 0.6) is 0 Å². The van der Waals surface area contributed by atoms with E-state index in [2.05, 4.69) is 20.8 Å². The summed E-state index contributed by atoms with van der Waals surface area (Å²) in [6.07, 6.45) is 0.578. The predicted octanol–water partition coefficient (Wildman–Crippen LogP) is 3.07. The third kappa shape index (κ3) is 5.43. The Morgan fingerprint density at radius 3 is 2.20 bits per heavy atom. The monoisotopic (exact) mass is 561 g/mol. The lowest BCUT2D eigenvalue weighted by molar-refractivity contribution is -0.131. The summed E-state index contributed by atoms with van der Waals surface area (Å²) in [6.45, 7) is 5.80. The molecule has 4 rings (SSSR count). The summed E-state index contributed by atoms with van der Waals surface area (Å²) in [7, 11) is -3.73. The minimum absolute atomic E-state index is 0.0185. The van der Waals surface area contributed by atoms with Gasteiger partial charge in [-0.1, -0.05) is 0 Å². The van der Waals surface area contributed by atoms with Crippen molar-refractivity contribution >= 4 is 54.7 Å². The van der Waals surface area contributed by atoms with Gasteiger partial charge in [-0.3, -0.25) is 14.4 Å². The Kier molecular flexibility index (Phi) is 7.32. The van der Waals surface area contributed by atoms with Crippen LogP contribution in [0.3, 0.4) is 0 Å². The van der Waals surface area contributed by atoms with Crippen LogP contribution in [0.15, 0.2) is 45.8 Å². The number of anilines is 2. The highest BCUT2D eigenvalue weighted by molar-refractivity contribution is 9.10. The molecule has 0 aliphatic carbocycles. The number of hydrogen-bond donors (Lipinski definition) is 0. The lowest BCUT2D eigenvalue weighted by atomic mass is 10.1. The number of carbonyl (C=O) groups excluding carboxylic acids is 3. The van der Waals surface area contributed by atoms with Gasteiger partial charge in [-0.05, 0) is 71.2 Å². The van der Waals surface area contributed by atoms with Gasteiger partial charge in [-0.2, -0.15) is 0 Å². The van der Waals surface area contributed by atoms with Crippen LogP contribution in [0.1, 0.15) is 36.2 Å². The number of fused-ring (bicyclic) bond motifs is 1. The van der Waals surface area contributed by atoms with Crippen molar-refractivity contribution in [2.75, 3.05) is 48.3 Å². The molecule has 186 valence electrons. The van der Waals surface area contributed by atoms with Crippen LogP contribution in [0.2, 0.25) is 0 Å². The Bertz CT molecular complexity index is 1270. The summed E-state index contributed by atoms with van der Waals surface area (Å²) in [6, 6.07) is 10.7. The standard InChI is InChI=1S/C25H28BrN3O5S/c1-17(30)19-3-5-21(6-4-19)27-10-12-28(13-11-27)25(32)8-14-35(33,34)24-16-23-20(15-22(24)26)7-9-29(23)18(2)31/h3-6,15-16H,7-14H2,1-2H3. The molecule has 1 fully saturated rings. The van der Waals surface area contributed by atoms with E-state index in [9.17, 15) is 22.8 Å². The number of Topliss-reactive ketones (excluding diaryl/α,β-unsaturated/α-hetero) is 1. The first-order chi connectivity index (χ1) is 16.6. The molecular weight excluding hydrogens is 534 g/mol. The Labute approximate surface area is 213 Å². The summed E-state index contributed by atoms with van der Waals surface area (Å²) in [5.74, 6) is -0.595. The number of carbonyl (C=O) groups is 3. The molecule has 2 heterocycles. The normalized spacial score (nSPS) is 15.8. The van der Waals surface area contributed by atoms with E-state index in [0.717, 1.165) is 11.3 Å². The van der Waals surface area contributed by atoms with Gasteiger partial charge in [-0.15, -0.1) is 0 Å². The Balaban J connectivity index is 1.36. The molecular formula is C25H28BrN3O5S. The zero-order chi connectivity index (χ0) is 25.3. The summed E-state index contributed by atoms with van der Waals surface area (Å²) in [5, 5.41) is 0. The van der Waals surface area contributed by atoms with Crippen molar-refractivity contribution in [1.29, 1.82) is 0 Å². The van der Waals surface area contributed by atoms with Crippen LogP contribution in [-0.2, 0) is 25.8 Å². The van der Waals surface area contributed by atoms with Crippen molar-refractivity contribution in [2.45, 2.75) is 31.6 Å². The van der Waals surface area contributed by atoms with Crippen LogP contribution in [0.25, 0.3) is 0 Å². The highest BCUT2D eigenvalue weighted by Gasteiger charge is 2.29. The SMILES string of the molecule is CC(=O)c1ccc(N2CCN(C(=O)CCS(=O)(=O)c3cc4c(cc3Br)CCN4C(C)=O)CC2)cc1. The van der Waals surface area contributed by atoms with Gasteiger partial charge in [0.05, 0.1) is 10.6 Å². The van der Waals surface area contributed by atoms with E-state index in [1.165, 1.54) is 13.8 Å². The first-order valence-corrected chi connectivity index (χ1v) is 14.0. The molecule has 8 nitrogen and oxygen atoms in total. The molecule has 2 amide bonds. The first kappa shape index (κ1) is 25.4. The third-order valence-corrected chi connectivity index (χ3v) is 9.27. The van der Waals surface area contributed by atoms with Crippen molar-refractivity contribution in [3.8, 4) is 0 Å². The van der Waals surface area contributed by atoms with Crippen LogP contribution in [0.4, 0.5) is 11.4 Å². The number of rotatable bonds is 6. The fourth-order valence-electron chi connectivity index (χ4n) is 4.56. The second-order valence-corrected chi connectivity index (χ2v) is 11.8. The van der Waals surface area contributed by atoms with Gasteiger partial charge in [-0.25, -0.2) is 8.42 Å². The Morgan fingerprint density at radius 2 is 1.60 bits per heavy atom. The molecule has 2 aromatic carbocycles. The smallest absolute Gasteiger partial charge is 0.223 e. The highest BCUT2D eigenvalue weighted by atomic mass is 79.9. The van der Waals surface area contributed by atoms with Gasteiger partial charge in [0.25, 0.3) is 0 Å². The van der Waals surface area contributed by atoms with Gasteiger partial charge in [0, 0.05) is 67.5 Å². The number of hydrogen-bond acceptors (Lipinski definition) is 6. The maximum Gasteiger partial charge on any atom is 0.223 e. The van der Waals surface area contributed by atoms with Gasteiger partial charge < -0.3 is 14.7 Å². The van der Waals surface area contributed by atoms with E-state index in [-0.39, 0.29) is 34.7 Å². The average molecular weight is 562 g/mol. The molecule has 35 heavy (non-hydrogen) atoms. The Morgan fingerprint density at radius 1 is 0.943 bits per heavy atom. The lowest BCUT2D eigenvalue weighted by Crippen LogP contribution is -2.49. The highest BCUT2D eigenvalue weighted by Crippen LogP contribution is 2.36. The maximum absolute atomic E-state index is 13.1. The van der Waals surface area contributed by atoms with Crippen molar-refractivity contribution in [3.05, 3.63) is 52.0 Å². The van der Waals surface area contributed by atoms with Crippen molar-refractivity contribution in [3.63, 3.8) is 0 Å². The van der Waals surface area contributed by atoms with Crippen LogP contribution >= 0.6 is 15.9 Å². The number of piperazine rings is 1. The van der Waals surface area contributed by atoms with E-state index >= 15 is 0 Å². The average Bonchev–Trinajstić information content (AvgIpc) is 3.25. The second-order valence-electron chi connectivity index (χ2n) is 8.87. The molecule has 0 N–H and O–H groups in total. The van der Waals surface area contributed by atoms with Gasteiger partial charge >= 0.3 is 0 Å². The van der Waals surface area contributed by atoms with E-state index in [4.69, 9.17) is 0 Å². The van der Waals surface area contributed by atoms with Crippen LogP contribution in [0, 0.1) is 0 Å². The van der Waals surface area contributed by atoms with Gasteiger partial charge in [0.15, 0.2) is 15.6 Å². The summed E-state index contributed by atoms with van der Waals surface area (Å²) in [5.41, 5.74) is 3.20. The molecule has 0 saturated carbocycles. The van der Waals surface area contributed by atoms with E-state index in [1.807, 2.05) is 12.1 Å². The van der Waals surface area contributed by atoms with Crippen LogP contribution < -0.4 is 9.80 Å². The van der Waals surface area contributed by atoms with E-state index < -0.39 is 9.84 Å². The predicted molar refractivity (Wildman–Crippen MR) is 138 cm³/mol. The molecule has 2 aliphatic heterocycles. The number of sulfone groups is 1. The van der Waals surface area contributed by atoms with Crippen molar-refractivity contribution in [2.24, 2.45) is 0 Å². The fourth-order valence-corrected chi connectivity index (χ4v) is 7.01. The second kappa shape index (κ2) is 10.1. The molecule has 10 heteroatoms. The topological polar surface area (TPSA) is 95.1 Å². The number of nitrogens with zero attached hydrogens (tertiary/aromatic N) is 3. The number of halogens is 1. The summed E-state index contributed by atoms with van der Waals surface area (Å²) in [4.78, 5) is 41.7. The maximum atomic E-state index is 13.1. The number of amides is 2. The van der Waals surface area contributed by atoms with Gasteiger partial charge in [0.1, 0.15) is 0 Å². The summed E-state index contributed by atoms with van der Waals surface area (Å²) >= 11 is 3.37. The van der Waals surface area contributed by atoms with Crippen molar-refractivity contribution in [1.82, 2.24) is 4.90 Å². The molecule has 2 aromatic rings. The molecule has 0 aromatic heterocycles. The molecule has 2 aliphatic rings. The summed E-state index contributed by atoms with van der Waals surface area (Å²) < 4.78 is 26.6. The lowest BCUT2D eigenvalue weighted by Gasteiger charge is -2.36. The van der Waals surface area contributed by atoms with Crippen molar-refractivity contribution < 1.29 is 22.8 Å². The molecule has 0 bridgehead atoms. The zero-order valence-electron chi connectivity index (χ0n) is 19.8. The fraction of sp³-hybridized carbons (Fsp3) is 0.400. The van der Waals surface area contributed by atoms with Gasteiger partial charge in [0.2, 0.25) is 11.8 Å². The molecule has 0 atom stereocenters. The molecule has 0 radical (unpaired) electrons. The van der Waals surface area contributed by atoms with Crippen LogP contribution in [-0.4, -0.2) is 69.4 Å². The quantitative estimate of drug-likeness (QED) is 0.503. The number of benzene rings is 2. The number of ketones is 1. The van der Waals surface area contributed by atoms with E-state index in [1.54, 1.807) is 34.1 Å². The molecule has 1 saturated heterocycles. The third-order valence-electron chi connectivity index (χ3n) is 6.60. The minimum atomic E-state index is -3.73. The largest absolute Gasteiger partial charge is 0.368 e. The molecule has 0 unspecified atom stereocenters. The first-order valence-electron chi connectivity index (χ1n) is 11.5.